The van der Waals surface area contributed by atoms with E-state index in [4.69, 9.17) is 5.11 Å². The van der Waals surface area contributed by atoms with Crippen molar-refractivity contribution in [3.63, 3.8) is 0 Å². The summed E-state index contributed by atoms with van der Waals surface area (Å²) in [6, 6.07) is 21.9. The van der Waals surface area contributed by atoms with Crippen LogP contribution in [0.3, 0.4) is 0 Å². The Morgan fingerprint density at radius 3 is 2.12 bits per heavy atom. The van der Waals surface area contributed by atoms with Crippen molar-refractivity contribution in [3.8, 4) is 0 Å². The monoisotopic (exact) mass is 476 g/mol. The molecule has 34 heavy (non-hydrogen) atoms. The van der Waals surface area contributed by atoms with E-state index in [1.54, 1.807) is 36.4 Å². The maximum absolute atomic E-state index is 13.1. The minimum Gasteiger partial charge on any atom is -0.478 e. The number of benzene rings is 3. The SMILES string of the molecule is O=C(O)/C=C/C(=O)Nc1ccc(SC(C(=O)Nc2cccc(C(=O)O)c2)c2ccccc2)cc1. The number of anilines is 2. The minimum absolute atomic E-state index is 0.0672. The van der Waals surface area contributed by atoms with E-state index in [0.717, 1.165) is 22.6 Å². The second kappa shape index (κ2) is 11.5. The largest absolute Gasteiger partial charge is 0.478 e. The van der Waals surface area contributed by atoms with Crippen molar-refractivity contribution in [1.82, 2.24) is 0 Å². The fourth-order valence-corrected chi connectivity index (χ4v) is 3.95. The van der Waals surface area contributed by atoms with E-state index >= 15 is 0 Å². The van der Waals surface area contributed by atoms with Crippen LogP contribution in [0.2, 0.25) is 0 Å². The first kappa shape index (κ1) is 24.3. The lowest BCUT2D eigenvalue weighted by molar-refractivity contribution is -0.131. The van der Waals surface area contributed by atoms with Crippen LogP contribution in [-0.4, -0.2) is 34.0 Å². The number of amides is 2. The molecule has 3 aromatic carbocycles. The molecule has 4 N–H and O–H groups in total. The molecule has 8 nitrogen and oxygen atoms in total. The van der Waals surface area contributed by atoms with Crippen molar-refractivity contribution in [3.05, 3.63) is 102 Å². The number of carboxylic acid groups (broad SMARTS) is 2. The van der Waals surface area contributed by atoms with Gasteiger partial charge in [0, 0.05) is 28.4 Å². The second-order valence-corrected chi connectivity index (χ2v) is 8.15. The van der Waals surface area contributed by atoms with Crippen molar-refractivity contribution < 1.29 is 29.4 Å². The predicted octanol–water partition coefficient (Wildman–Crippen LogP) is 4.44. The first-order valence-electron chi connectivity index (χ1n) is 9.99. The van der Waals surface area contributed by atoms with Gasteiger partial charge in [-0.15, -0.1) is 11.8 Å². The van der Waals surface area contributed by atoms with Crippen LogP contribution in [-0.2, 0) is 14.4 Å². The number of aliphatic carboxylic acids is 1. The second-order valence-electron chi connectivity index (χ2n) is 6.97. The third-order valence-electron chi connectivity index (χ3n) is 4.47. The Hall–Kier alpha value is -4.37. The van der Waals surface area contributed by atoms with Gasteiger partial charge in [0.25, 0.3) is 0 Å². The van der Waals surface area contributed by atoms with Gasteiger partial charge in [-0.1, -0.05) is 36.4 Å². The fraction of sp³-hybridized carbons (Fsp3) is 0.0400. The van der Waals surface area contributed by atoms with Gasteiger partial charge in [0.1, 0.15) is 5.25 Å². The molecular formula is C25H20N2O6S. The number of hydrogen-bond donors (Lipinski definition) is 4. The Kier molecular flexibility index (Phi) is 8.20. The fourth-order valence-electron chi connectivity index (χ4n) is 2.92. The van der Waals surface area contributed by atoms with Crippen LogP contribution in [0.4, 0.5) is 11.4 Å². The molecular weight excluding hydrogens is 456 g/mol. The topological polar surface area (TPSA) is 133 Å². The Labute approximate surface area is 199 Å². The molecule has 0 aliphatic heterocycles. The average Bonchev–Trinajstić information content (AvgIpc) is 2.83. The molecule has 0 aromatic heterocycles. The number of aromatic carboxylic acids is 1. The van der Waals surface area contributed by atoms with E-state index in [-0.39, 0.29) is 11.5 Å². The maximum Gasteiger partial charge on any atom is 0.335 e. The van der Waals surface area contributed by atoms with Gasteiger partial charge >= 0.3 is 11.9 Å². The lowest BCUT2D eigenvalue weighted by atomic mass is 10.1. The normalized spacial score (nSPS) is 11.5. The number of nitrogens with one attached hydrogen (secondary N) is 2. The lowest BCUT2D eigenvalue weighted by Gasteiger charge is -2.17. The van der Waals surface area contributed by atoms with Crippen LogP contribution < -0.4 is 10.6 Å². The zero-order valence-corrected chi connectivity index (χ0v) is 18.5. The number of thioether (sulfide) groups is 1. The molecule has 0 radical (unpaired) electrons. The summed E-state index contributed by atoms with van der Waals surface area (Å²) >= 11 is 1.29. The van der Waals surface area contributed by atoms with Gasteiger partial charge in [0.2, 0.25) is 11.8 Å². The van der Waals surface area contributed by atoms with Crippen molar-refractivity contribution >= 4 is 46.9 Å². The molecule has 3 rings (SSSR count). The van der Waals surface area contributed by atoms with Gasteiger partial charge in [-0.25, -0.2) is 9.59 Å². The van der Waals surface area contributed by atoms with Crippen molar-refractivity contribution in [2.75, 3.05) is 10.6 Å². The summed E-state index contributed by atoms with van der Waals surface area (Å²) in [5, 5.41) is 22.5. The zero-order valence-electron chi connectivity index (χ0n) is 17.7. The van der Waals surface area contributed by atoms with Gasteiger partial charge in [0.15, 0.2) is 0 Å². The standard InChI is InChI=1S/C25H20N2O6S/c28-21(13-14-22(29)30)26-18-9-11-20(12-10-18)34-23(16-5-2-1-3-6-16)24(31)27-19-8-4-7-17(15-19)25(32)33/h1-15,23H,(H,26,28)(H,27,31)(H,29,30)(H,32,33)/b14-13+. The van der Waals surface area contributed by atoms with E-state index < -0.39 is 23.1 Å². The van der Waals surface area contributed by atoms with Crippen LogP contribution in [0.5, 0.6) is 0 Å². The van der Waals surface area contributed by atoms with Crippen LogP contribution in [0.15, 0.2) is 95.9 Å². The van der Waals surface area contributed by atoms with Crippen molar-refractivity contribution in [2.24, 2.45) is 0 Å². The molecule has 1 atom stereocenters. The number of hydrogen-bond acceptors (Lipinski definition) is 5. The molecule has 3 aromatic rings. The molecule has 0 saturated carbocycles. The molecule has 0 spiro atoms. The number of carboxylic acids is 2. The first-order valence-corrected chi connectivity index (χ1v) is 10.9. The van der Waals surface area contributed by atoms with Crippen LogP contribution in [0, 0.1) is 0 Å². The molecule has 9 heteroatoms. The third-order valence-corrected chi connectivity index (χ3v) is 5.74. The van der Waals surface area contributed by atoms with Crippen LogP contribution in [0.25, 0.3) is 0 Å². The average molecular weight is 477 g/mol. The van der Waals surface area contributed by atoms with Crippen LogP contribution in [0.1, 0.15) is 21.2 Å². The smallest absolute Gasteiger partial charge is 0.335 e. The van der Waals surface area contributed by atoms with E-state index in [2.05, 4.69) is 10.6 Å². The Morgan fingerprint density at radius 2 is 1.47 bits per heavy atom. The molecule has 2 amide bonds. The van der Waals surface area contributed by atoms with Gasteiger partial charge in [-0.05, 0) is 48.0 Å². The first-order chi connectivity index (χ1) is 16.3. The van der Waals surface area contributed by atoms with Crippen molar-refractivity contribution in [1.29, 1.82) is 0 Å². The van der Waals surface area contributed by atoms with Gasteiger partial charge in [0.05, 0.1) is 5.56 Å². The quantitative estimate of drug-likeness (QED) is 0.265. The Bertz CT molecular complexity index is 1230. The van der Waals surface area contributed by atoms with Gasteiger partial charge in [-0.2, -0.15) is 0 Å². The molecule has 0 fully saturated rings. The molecule has 0 heterocycles. The highest BCUT2D eigenvalue weighted by Crippen LogP contribution is 2.36. The highest BCUT2D eigenvalue weighted by Gasteiger charge is 2.22. The highest BCUT2D eigenvalue weighted by molar-refractivity contribution is 8.00. The van der Waals surface area contributed by atoms with Gasteiger partial charge < -0.3 is 20.8 Å². The molecule has 0 bridgehead atoms. The molecule has 0 aliphatic rings. The summed E-state index contributed by atoms with van der Waals surface area (Å²) in [4.78, 5) is 47.4. The Morgan fingerprint density at radius 1 is 0.765 bits per heavy atom. The van der Waals surface area contributed by atoms with E-state index in [1.807, 2.05) is 30.3 Å². The molecule has 0 aliphatic carbocycles. The van der Waals surface area contributed by atoms with E-state index in [0.29, 0.717) is 11.4 Å². The van der Waals surface area contributed by atoms with Crippen LogP contribution >= 0.6 is 11.8 Å². The summed E-state index contributed by atoms with van der Waals surface area (Å²) in [6.45, 7) is 0. The lowest BCUT2D eigenvalue weighted by Crippen LogP contribution is -2.19. The number of carbonyl (C=O) groups is 4. The summed E-state index contributed by atoms with van der Waals surface area (Å²) in [6.07, 6.45) is 1.66. The molecule has 172 valence electrons. The maximum atomic E-state index is 13.1. The predicted molar refractivity (Wildman–Crippen MR) is 129 cm³/mol. The molecule has 0 saturated heterocycles. The molecule has 1 unspecified atom stereocenters. The summed E-state index contributed by atoms with van der Waals surface area (Å²) in [7, 11) is 0. The van der Waals surface area contributed by atoms with Gasteiger partial charge in [-0.3, -0.25) is 9.59 Å². The van der Waals surface area contributed by atoms with Crippen molar-refractivity contribution in [2.45, 2.75) is 10.1 Å². The summed E-state index contributed by atoms with van der Waals surface area (Å²) in [5.74, 6) is -3.21. The zero-order chi connectivity index (χ0) is 24.5. The number of rotatable bonds is 9. The third kappa shape index (κ3) is 7.07. The minimum atomic E-state index is -1.22. The van der Waals surface area contributed by atoms with E-state index in [9.17, 15) is 24.3 Å². The van der Waals surface area contributed by atoms with E-state index in [1.165, 1.54) is 23.9 Å². The summed E-state index contributed by atoms with van der Waals surface area (Å²) in [5.41, 5.74) is 1.67. The Balaban J connectivity index is 1.76. The highest BCUT2D eigenvalue weighted by atomic mass is 32.2. The summed E-state index contributed by atoms with van der Waals surface area (Å²) < 4.78 is 0. The number of carbonyl (C=O) groups excluding carboxylic acids is 2.